The molecule has 146 valence electrons. The molecular weight excluding hydrogens is 398 g/mol. The molecule has 0 aliphatic heterocycles. The second-order valence-corrected chi connectivity index (χ2v) is 9.01. The number of nitrogens with zero attached hydrogens (tertiary/aromatic N) is 2. The first-order chi connectivity index (χ1) is 13.4. The summed E-state index contributed by atoms with van der Waals surface area (Å²) in [6.07, 6.45) is 2.43. The van der Waals surface area contributed by atoms with Gasteiger partial charge in [0.1, 0.15) is 0 Å². The first kappa shape index (κ1) is 20.1. The summed E-state index contributed by atoms with van der Waals surface area (Å²) in [6.45, 7) is 1.53. The van der Waals surface area contributed by atoms with E-state index < -0.39 is 15.7 Å². The largest absolute Gasteiger partial charge is 0.407 e. The highest BCUT2D eigenvalue weighted by molar-refractivity contribution is 7.98. The number of anilines is 1. The quantitative estimate of drug-likeness (QED) is 0.588. The molecule has 0 spiro atoms. The number of carbonyl (C=O) groups is 1. The van der Waals surface area contributed by atoms with E-state index in [-0.39, 0.29) is 22.2 Å². The molecule has 0 aliphatic rings. The molecule has 0 bridgehead atoms. The molecule has 7 nitrogen and oxygen atoms in total. The maximum absolute atomic E-state index is 12.5. The van der Waals surface area contributed by atoms with Gasteiger partial charge in [0, 0.05) is 4.90 Å². The molecule has 0 unspecified atom stereocenters. The molecule has 28 heavy (non-hydrogen) atoms. The van der Waals surface area contributed by atoms with Gasteiger partial charge in [-0.05, 0) is 36.1 Å². The number of amides is 1. The van der Waals surface area contributed by atoms with Gasteiger partial charge >= 0.3 is 6.01 Å². The fourth-order valence-electron chi connectivity index (χ4n) is 2.54. The molecule has 1 aromatic heterocycles. The second-order valence-electron chi connectivity index (χ2n) is 5.88. The maximum atomic E-state index is 12.5. The summed E-state index contributed by atoms with van der Waals surface area (Å²) in [6, 6.07) is 13.9. The highest BCUT2D eigenvalue weighted by Gasteiger charge is 2.21. The average molecular weight is 418 g/mol. The fourth-order valence-corrected chi connectivity index (χ4v) is 4.04. The zero-order chi connectivity index (χ0) is 20.1. The predicted octanol–water partition coefficient (Wildman–Crippen LogP) is 3.43. The molecule has 9 heteroatoms. The Kier molecular flexibility index (Phi) is 6.15. The van der Waals surface area contributed by atoms with Crippen LogP contribution in [0.25, 0.3) is 0 Å². The Morgan fingerprint density at radius 3 is 2.50 bits per heavy atom. The minimum absolute atomic E-state index is 0.0244. The van der Waals surface area contributed by atoms with Gasteiger partial charge in [0.15, 0.2) is 9.84 Å². The van der Waals surface area contributed by atoms with Gasteiger partial charge in [-0.25, -0.2) is 8.42 Å². The maximum Gasteiger partial charge on any atom is 0.322 e. The first-order valence-electron chi connectivity index (χ1n) is 8.51. The average Bonchev–Trinajstić information content (AvgIpc) is 3.15. The highest BCUT2D eigenvalue weighted by Crippen LogP contribution is 2.20. The third-order valence-electron chi connectivity index (χ3n) is 4.05. The third-order valence-corrected chi connectivity index (χ3v) is 6.58. The van der Waals surface area contributed by atoms with E-state index in [0.717, 1.165) is 10.5 Å². The lowest BCUT2D eigenvalue weighted by molar-refractivity contribution is 0.102. The molecular formula is C19H19N3O4S2. The van der Waals surface area contributed by atoms with E-state index in [1.54, 1.807) is 23.9 Å². The molecule has 1 N–H and O–H groups in total. The van der Waals surface area contributed by atoms with E-state index in [4.69, 9.17) is 4.42 Å². The SMILES string of the molecule is CCS(=O)(=O)c1ccccc1C(=O)Nc1nnc(Cc2ccc(SC)cc2)o1. The monoisotopic (exact) mass is 417 g/mol. The summed E-state index contributed by atoms with van der Waals surface area (Å²) in [4.78, 5) is 13.7. The Bertz CT molecular complexity index is 1080. The molecule has 3 aromatic rings. The molecule has 2 aromatic carbocycles. The molecule has 0 saturated heterocycles. The lowest BCUT2D eigenvalue weighted by Crippen LogP contribution is -2.17. The van der Waals surface area contributed by atoms with Crippen molar-refractivity contribution in [3.63, 3.8) is 0 Å². The van der Waals surface area contributed by atoms with Crippen molar-refractivity contribution in [2.75, 3.05) is 17.3 Å². The number of carbonyl (C=O) groups excluding carboxylic acids is 1. The van der Waals surface area contributed by atoms with Crippen molar-refractivity contribution in [1.29, 1.82) is 0 Å². The summed E-state index contributed by atoms with van der Waals surface area (Å²) in [7, 11) is -3.54. The molecule has 0 aliphatic carbocycles. The number of hydrogen-bond donors (Lipinski definition) is 1. The van der Waals surface area contributed by atoms with Crippen molar-refractivity contribution in [3.05, 3.63) is 65.5 Å². The van der Waals surface area contributed by atoms with Gasteiger partial charge in [-0.1, -0.05) is 36.3 Å². The summed E-state index contributed by atoms with van der Waals surface area (Å²) in [5.41, 5.74) is 1.04. The Hall–Kier alpha value is -2.65. The first-order valence-corrected chi connectivity index (χ1v) is 11.4. The van der Waals surface area contributed by atoms with Crippen molar-refractivity contribution in [1.82, 2.24) is 10.2 Å². The molecule has 1 heterocycles. The normalized spacial score (nSPS) is 11.4. The van der Waals surface area contributed by atoms with Crippen molar-refractivity contribution >= 4 is 33.5 Å². The predicted molar refractivity (Wildman–Crippen MR) is 107 cm³/mol. The van der Waals surface area contributed by atoms with Gasteiger partial charge in [0.25, 0.3) is 5.91 Å². The van der Waals surface area contributed by atoms with Gasteiger partial charge in [0.2, 0.25) is 5.89 Å². The summed E-state index contributed by atoms with van der Waals surface area (Å²) < 4.78 is 29.9. The minimum Gasteiger partial charge on any atom is -0.407 e. The number of hydrogen-bond acceptors (Lipinski definition) is 7. The van der Waals surface area contributed by atoms with Gasteiger partial charge in [0.05, 0.1) is 22.6 Å². The Morgan fingerprint density at radius 2 is 1.82 bits per heavy atom. The summed E-state index contributed by atoms with van der Waals surface area (Å²) in [5, 5.41) is 10.2. The number of aromatic nitrogens is 2. The minimum atomic E-state index is -3.54. The standard InChI is InChI=1S/C19H19N3O4S2/c1-3-28(24,25)16-7-5-4-6-15(16)18(23)20-19-22-21-17(26-19)12-13-8-10-14(27-2)11-9-13/h4-11H,3,12H2,1-2H3,(H,20,22,23). The van der Waals surface area contributed by atoms with E-state index in [2.05, 4.69) is 15.5 Å². The number of thioether (sulfide) groups is 1. The van der Waals surface area contributed by atoms with Gasteiger partial charge < -0.3 is 4.42 Å². The lowest BCUT2D eigenvalue weighted by Gasteiger charge is -2.07. The Morgan fingerprint density at radius 1 is 1.11 bits per heavy atom. The van der Waals surface area contributed by atoms with Crippen LogP contribution < -0.4 is 5.32 Å². The molecule has 0 radical (unpaired) electrons. The van der Waals surface area contributed by atoms with Crippen molar-refractivity contribution in [2.45, 2.75) is 23.1 Å². The molecule has 0 atom stereocenters. The Balaban J connectivity index is 1.74. The van der Waals surface area contributed by atoms with Crippen LogP contribution in [0.15, 0.2) is 62.7 Å². The lowest BCUT2D eigenvalue weighted by atomic mass is 10.1. The molecule has 0 saturated carbocycles. The van der Waals surface area contributed by atoms with Crippen molar-refractivity contribution in [3.8, 4) is 0 Å². The van der Waals surface area contributed by atoms with E-state index in [1.165, 1.54) is 19.1 Å². The third kappa shape index (κ3) is 4.60. The van der Waals surface area contributed by atoms with E-state index in [9.17, 15) is 13.2 Å². The zero-order valence-corrected chi connectivity index (χ0v) is 17.0. The summed E-state index contributed by atoms with van der Waals surface area (Å²) in [5.74, 6) is -0.369. The number of benzene rings is 2. The van der Waals surface area contributed by atoms with E-state index in [1.807, 2.05) is 30.5 Å². The van der Waals surface area contributed by atoms with Crippen LogP contribution in [0.1, 0.15) is 28.7 Å². The van der Waals surface area contributed by atoms with E-state index in [0.29, 0.717) is 12.3 Å². The van der Waals surface area contributed by atoms with Crippen molar-refractivity contribution in [2.24, 2.45) is 0 Å². The van der Waals surface area contributed by atoms with Crippen LogP contribution in [-0.2, 0) is 16.3 Å². The van der Waals surface area contributed by atoms with Gasteiger partial charge in [-0.2, -0.15) is 0 Å². The van der Waals surface area contributed by atoms with Crippen LogP contribution in [-0.4, -0.2) is 36.5 Å². The smallest absolute Gasteiger partial charge is 0.322 e. The van der Waals surface area contributed by atoms with Crippen molar-refractivity contribution < 1.29 is 17.6 Å². The fraction of sp³-hybridized carbons (Fsp3) is 0.211. The topological polar surface area (TPSA) is 102 Å². The van der Waals surface area contributed by atoms with Gasteiger partial charge in [-0.15, -0.1) is 16.9 Å². The van der Waals surface area contributed by atoms with Crippen LogP contribution in [0.5, 0.6) is 0 Å². The number of nitrogens with one attached hydrogen (secondary N) is 1. The molecule has 3 rings (SSSR count). The second kappa shape index (κ2) is 8.57. The zero-order valence-electron chi connectivity index (χ0n) is 15.4. The Labute approximate surface area is 167 Å². The summed E-state index contributed by atoms with van der Waals surface area (Å²) >= 11 is 1.66. The van der Waals surface area contributed by atoms with Crippen LogP contribution in [0, 0.1) is 0 Å². The number of sulfone groups is 1. The molecule has 0 fully saturated rings. The van der Waals surface area contributed by atoms with Crippen LogP contribution in [0.2, 0.25) is 0 Å². The molecule has 1 amide bonds. The van der Waals surface area contributed by atoms with Crippen LogP contribution in [0.4, 0.5) is 6.01 Å². The number of rotatable bonds is 7. The van der Waals surface area contributed by atoms with Crippen LogP contribution in [0.3, 0.4) is 0 Å². The van der Waals surface area contributed by atoms with Crippen LogP contribution >= 0.6 is 11.8 Å². The van der Waals surface area contributed by atoms with Gasteiger partial charge in [-0.3, -0.25) is 10.1 Å². The van der Waals surface area contributed by atoms with E-state index >= 15 is 0 Å². The highest BCUT2D eigenvalue weighted by atomic mass is 32.2.